The van der Waals surface area contributed by atoms with Gasteiger partial charge in [0.1, 0.15) is 5.52 Å². The van der Waals surface area contributed by atoms with E-state index >= 15 is 0 Å². The van der Waals surface area contributed by atoms with E-state index in [1.165, 1.54) is 0 Å². The molecule has 6 heteroatoms. The van der Waals surface area contributed by atoms with Crippen LogP contribution in [0.5, 0.6) is 11.6 Å². The van der Waals surface area contributed by atoms with E-state index in [0.29, 0.717) is 33.5 Å². The predicted octanol–water partition coefficient (Wildman–Crippen LogP) is 3.05. The van der Waals surface area contributed by atoms with Gasteiger partial charge >= 0.3 is 0 Å². The Kier molecular flexibility index (Phi) is 2.89. The van der Waals surface area contributed by atoms with Gasteiger partial charge in [-0.25, -0.2) is 4.98 Å². The van der Waals surface area contributed by atoms with Crippen LogP contribution in [0.2, 0.25) is 5.02 Å². The Morgan fingerprint density at radius 2 is 1.89 bits per heavy atom. The van der Waals surface area contributed by atoms with Crippen LogP contribution in [0.3, 0.4) is 0 Å². The van der Waals surface area contributed by atoms with Crippen LogP contribution in [0.4, 0.5) is 5.69 Å². The molecule has 0 aliphatic carbocycles. The quantitative estimate of drug-likeness (QED) is 0.726. The summed E-state index contributed by atoms with van der Waals surface area (Å²) in [6, 6.07) is 8.64. The molecular formula is C13H9ClN4O. The second kappa shape index (κ2) is 4.70. The van der Waals surface area contributed by atoms with Gasteiger partial charge in [0, 0.05) is 18.5 Å². The van der Waals surface area contributed by atoms with E-state index in [-0.39, 0.29) is 0 Å². The van der Waals surface area contributed by atoms with Gasteiger partial charge in [0.15, 0.2) is 11.4 Å². The fraction of sp³-hybridized carbons (Fsp3) is 0. The third-order valence-corrected chi connectivity index (χ3v) is 2.81. The Labute approximate surface area is 114 Å². The Hall–Kier alpha value is -2.40. The number of nitrogens with zero attached hydrogens (tertiary/aromatic N) is 3. The van der Waals surface area contributed by atoms with Gasteiger partial charge in [0.2, 0.25) is 5.88 Å². The first-order valence-corrected chi connectivity index (χ1v) is 5.91. The standard InChI is InChI=1S/C13H9ClN4O/c14-8-2-1-3-9(15)12(8)19-11-5-4-10-13(18-11)17-7-6-16-10/h1-7H,15H2. The lowest BCUT2D eigenvalue weighted by molar-refractivity contribution is 0.467. The molecule has 0 aliphatic rings. The number of fused-ring (bicyclic) bond motifs is 1. The van der Waals surface area contributed by atoms with Gasteiger partial charge in [-0.2, -0.15) is 4.98 Å². The highest BCUT2D eigenvalue weighted by molar-refractivity contribution is 6.32. The normalized spacial score (nSPS) is 10.6. The van der Waals surface area contributed by atoms with Crippen molar-refractivity contribution in [2.45, 2.75) is 0 Å². The molecule has 5 nitrogen and oxygen atoms in total. The number of rotatable bonds is 2. The highest BCUT2D eigenvalue weighted by Crippen LogP contribution is 2.34. The van der Waals surface area contributed by atoms with Crippen LogP contribution in [0.15, 0.2) is 42.7 Å². The van der Waals surface area contributed by atoms with E-state index in [2.05, 4.69) is 15.0 Å². The van der Waals surface area contributed by atoms with Gasteiger partial charge in [-0.3, -0.25) is 4.98 Å². The van der Waals surface area contributed by atoms with E-state index in [1.807, 2.05) is 0 Å². The number of nitrogens with two attached hydrogens (primary N) is 1. The Balaban J connectivity index is 2.01. The van der Waals surface area contributed by atoms with Crippen LogP contribution in [-0.2, 0) is 0 Å². The van der Waals surface area contributed by atoms with Crippen LogP contribution in [0, 0.1) is 0 Å². The summed E-state index contributed by atoms with van der Waals surface area (Å²) in [4.78, 5) is 12.5. The van der Waals surface area contributed by atoms with Crippen LogP contribution < -0.4 is 10.5 Å². The largest absolute Gasteiger partial charge is 0.435 e. The highest BCUT2D eigenvalue weighted by Gasteiger charge is 2.08. The van der Waals surface area contributed by atoms with Gasteiger partial charge in [-0.15, -0.1) is 0 Å². The van der Waals surface area contributed by atoms with Gasteiger partial charge < -0.3 is 10.5 Å². The maximum Gasteiger partial charge on any atom is 0.221 e. The van der Waals surface area contributed by atoms with E-state index in [1.54, 1.807) is 42.7 Å². The number of aromatic nitrogens is 3. The maximum atomic E-state index is 6.04. The lowest BCUT2D eigenvalue weighted by Crippen LogP contribution is -1.95. The highest BCUT2D eigenvalue weighted by atomic mass is 35.5. The molecule has 0 saturated heterocycles. The van der Waals surface area contributed by atoms with E-state index in [4.69, 9.17) is 22.1 Å². The SMILES string of the molecule is Nc1cccc(Cl)c1Oc1ccc2nccnc2n1. The molecule has 3 aromatic rings. The number of halogens is 1. The summed E-state index contributed by atoms with van der Waals surface area (Å²) in [5.41, 5.74) is 7.47. The van der Waals surface area contributed by atoms with Crippen molar-refractivity contribution in [2.24, 2.45) is 0 Å². The number of hydrogen-bond donors (Lipinski definition) is 1. The van der Waals surface area contributed by atoms with Gasteiger partial charge in [0.25, 0.3) is 0 Å². The molecule has 2 aromatic heterocycles. The smallest absolute Gasteiger partial charge is 0.221 e. The second-order valence-corrected chi connectivity index (χ2v) is 4.22. The van der Waals surface area contributed by atoms with Crippen molar-refractivity contribution in [2.75, 3.05) is 5.73 Å². The molecule has 94 valence electrons. The minimum Gasteiger partial charge on any atom is -0.435 e. The fourth-order valence-corrected chi connectivity index (χ4v) is 1.85. The number of benzene rings is 1. The molecule has 0 unspecified atom stereocenters. The molecule has 2 heterocycles. The molecule has 3 rings (SSSR count). The lowest BCUT2D eigenvalue weighted by Gasteiger charge is -2.09. The molecule has 0 radical (unpaired) electrons. The molecule has 0 amide bonds. The summed E-state index contributed by atoms with van der Waals surface area (Å²) >= 11 is 6.04. The Morgan fingerprint density at radius 1 is 1.05 bits per heavy atom. The zero-order valence-electron chi connectivity index (χ0n) is 9.75. The van der Waals surface area contributed by atoms with Crippen LogP contribution >= 0.6 is 11.6 Å². The number of pyridine rings is 1. The minimum absolute atomic E-state index is 0.368. The average Bonchev–Trinajstić information content (AvgIpc) is 2.43. The van der Waals surface area contributed by atoms with Crippen molar-refractivity contribution in [1.82, 2.24) is 15.0 Å². The topological polar surface area (TPSA) is 73.9 Å². The van der Waals surface area contributed by atoms with Crippen molar-refractivity contribution in [3.05, 3.63) is 47.7 Å². The van der Waals surface area contributed by atoms with Crippen LogP contribution in [-0.4, -0.2) is 15.0 Å². The van der Waals surface area contributed by atoms with Crippen molar-refractivity contribution in [1.29, 1.82) is 0 Å². The molecule has 0 aliphatic heterocycles. The monoisotopic (exact) mass is 272 g/mol. The fourth-order valence-electron chi connectivity index (χ4n) is 1.63. The number of para-hydroxylation sites is 1. The number of anilines is 1. The Morgan fingerprint density at radius 3 is 2.74 bits per heavy atom. The predicted molar refractivity (Wildman–Crippen MR) is 73.3 cm³/mol. The maximum absolute atomic E-state index is 6.04. The van der Waals surface area contributed by atoms with Gasteiger partial charge in [-0.05, 0) is 18.2 Å². The first-order valence-electron chi connectivity index (χ1n) is 5.53. The molecule has 0 saturated carbocycles. The van der Waals surface area contributed by atoms with Gasteiger partial charge in [-0.1, -0.05) is 17.7 Å². The van der Waals surface area contributed by atoms with E-state index in [0.717, 1.165) is 0 Å². The average molecular weight is 273 g/mol. The summed E-state index contributed by atoms with van der Waals surface area (Å²) < 4.78 is 5.61. The summed E-state index contributed by atoms with van der Waals surface area (Å²) in [5, 5.41) is 0.432. The molecule has 19 heavy (non-hydrogen) atoms. The van der Waals surface area contributed by atoms with Crippen molar-refractivity contribution >= 4 is 28.5 Å². The number of hydrogen-bond acceptors (Lipinski definition) is 5. The number of nitrogen functional groups attached to an aromatic ring is 1. The third-order valence-electron chi connectivity index (χ3n) is 2.51. The summed E-state index contributed by atoms with van der Waals surface area (Å²) in [5.74, 6) is 0.757. The van der Waals surface area contributed by atoms with Crippen molar-refractivity contribution in [3.63, 3.8) is 0 Å². The van der Waals surface area contributed by atoms with Crippen LogP contribution in [0.1, 0.15) is 0 Å². The summed E-state index contributed by atoms with van der Waals surface area (Å²) in [7, 11) is 0. The first kappa shape index (κ1) is 11.7. The molecule has 1 aromatic carbocycles. The van der Waals surface area contributed by atoms with Crippen molar-refractivity contribution in [3.8, 4) is 11.6 Å². The zero-order chi connectivity index (χ0) is 13.2. The first-order chi connectivity index (χ1) is 9.24. The van der Waals surface area contributed by atoms with Gasteiger partial charge in [0.05, 0.1) is 10.7 Å². The van der Waals surface area contributed by atoms with Crippen molar-refractivity contribution < 1.29 is 4.74 Å². The lowest BCUT2D eigenvalue weighted by atomic mass is 10.3. The van der Waals surface area contributed by atoms with E-state index in [9.17, 15) is 0 Å². The number of ether oxygens (including phenoxy) is 1. The third kappa shape index (κ3) is 2.28. The minimum atomic E-state index is 0.368. The summed E-state index contributed by atoms with van der Waals surface area (Å²) in [6.07, 6.45) is 3.18. The van der Waals surface area contributed by atoms with Crippen LogP contribution in [0.25, 0.3) is 11.2 Å². The van der Waals surface area contributed by atoms with E-state index < -0.39 is 0 Å². The second-order valence-electron chi connectivity index (χ2n) is 3.81. The molecule has 2 N–H and O–H groups in total. The molecule has 0 atom stereocenters. The Bertz CT molecular complexity index is 727. The molecule has 0 bridgehead atoms. The molecule has 0 spiro atoms. The molecule has 0 fully saturated rings. The zero-order valence-corrected chi connectivity index (χ0v) is 10.5. The molecular weight excluding hydrogens is 264 g/mol. The summed E-state index contributed by atoms with van der Waals surface area (Å²) in [6.45, 7) is 0.